The number of aryl methyl sites for hydroxylation is 1. The zero-order valence-corrected chi connectivity index (χ0v) is 14.7. The Labute approximate surface area is 134 Å². The largest absolute Gasteiger partial charge is 0.444 e. The molecule has 1 N–H and O–H groups in total. The van der Waals surface area contributed by atoms with Crippen LogP contribution in [-0.4, -0.2) is 27.5 Å². The Morgan fingerprint density at radius 1 is 1.48 bits per heavy atom. The Balaban J connectivity index is 1.95. The molecule has 1 aromatic rings. The minimum absolute atomic E-state index is 0.160. The quantitative estimate of drug-likeness (QED) is 0.876. The van der Waals surface area contributed by atoms with Gasteiger partial charge in [-0.25, -0.2) is 4.79 Å². The molecule has 0 aliphatic heterocycles. The minimum atomic E-state index is -0.456. The van der Waals surface area contributed by atoms with Crippen LogP contribution in [0.15, 0.2) is 10.7 Å². The fourth-order valence-corrected chi connectivity index (χ4v) is 3.50. The van der Waals surface area contributed by atoms with E-state index in [4.69, 9.17) is 4.74 Å². The number of rotatable bonds is 2. The minimum Gasteiger partial charge on any atom is -0.444 e. The Hall–Kier alpha value is -1.04. The summed E-state index contributed by atoms with van der Waals surface area (Å²) in [6, 6.07) is 0.160. The van der Waals surface area contributed by atoms with Crippen molar-refractivity contribution in [2.24, 2.45) is 7.05 Å². The summed E-state index contributed by atoms with van der Waals surface area (Å²) in [5.41, 5.74) is 0.635. The van der Waals surface area contributed by atoms with Crippen molar-refractivity contribution in [1.82, 2.24) is 15.1 Å². The average Bonchev–Trinajstić information content (AvgIpc) is 2.66. The average molecular weight is 358 g/mol. The first-order valence-corrected chi connectivity index (χ1v) is 8.22. The number of hydrogen-bond acceptors (Lipinski definition) is 3. The number of nitrogens with one attached hydrogen (secondary N) is 1. The van der Waals surface area contributed by atoms with Crippen molar-refractivity contribution >= 4 is 22.0 Å². The Morgan fingerprint density at radius 2 is 2.19 bits per heavy atom. The van der Waals surface area contributed by atoms with Crippen molar-refractivity contribution in [1.29, 1.82) is 0 Å². The summed E-state index contributed by atoms with van der Waals surface area (Å²) < 4.78 is 8.20. The van der Waals surface area contributed by atoms with Crippen LogP contribution in [0.1, 0.15) is 58.1 Å². The van der Waals surface area contributed by atoms with E-state index >= 15 is 0 Å². The molecule has 1 amide bonds. The van der Waals surface area contributed by atoms with Gasteiger partial charge in [-0.1, -0.05) is 6.42 Å². The van der Waals surface area contributed by atoms with E-state index in [0.29, 0.717) is 5.92 Å². The maximum atomic E-state index is 11.9. The zero-order valence-electron chi connectivity index (χ0n) is 13.1. The second-order valence-corrected chi connectivity index (χ2v) is 7.60. The van der Waals surface area contributed by atoms with Gasteiger partial charge in [-0.3, -0.25) is 4.68 Å². The van der Waals surface area contributed by atoms with Gasteiger partial charge in [0.25, 0.3) is 0 Å². The van der Waals surface area contributed by atoms with Crippen LogP contribution >= 0.6 is 15.9 Å². The smallest absolute Gasteiger partial charge is 0.407 e. The van der Waals surface area contributed by atoms with Gasteiger partial charge in [0.05, 0.1) is 10.2 Å². The van der Waals surface area contributed by atoms with E-state index in [2.05, 4.69) is 26.3 Å². The van der Waals surface area contributed by atoms with Gasteiger partial charge in [-0.05, 0) is 56.0 Å². The molecule has 1 heterocycles. The summed E-state index contributed by atoms with van der Waals surface area (Å²) in [4.78, 5) is 11.9. The van der Waals surface area contributed by atoms with Gasteiger partial charge in [-0.15, -0.1) is 0 Å². The molecule has 1 aliphatic rings. The third-order valence-corrected chi connectivity index (χ3v) is 4.20. The van der Waals surface area contributed by atoms with E-state index in [1.54, 1.807) is 0 Å². The van der Waals surface area contributed by atoms with Crippen LogP contribution in [0, 0.1) is 0 Å². The fraction of sp³-hybridized carbons (Fsp3) is 0.733. The maximum absolute atomic E-state index is 11.9. The molecule has 21 heavy (non-hydrogen) atoms. The lowest BCUT2D eigenvalue weighted by molar-refractivity contribution is 0.0490. The Morgan fingerprint density at radius 3 is 2.76 bits per heavy atom. The Bertz CT molecular complexity index is 508. The van der Waals surface area contributed by atoms with Gasteiger partial charge in [0, 0.05) is 25.2 Å². The normalized spacial score (nSPS) is 22.9. The number of amides is 1. The van der Waals surface area contributed by atoms with Crippen LogP contribution in [0.5, 0.6) is 0 Å². The standard InChI is InChI=1S/C15H24BrN3O2/c1-15(2,3)21-14(20)17-11-7-5-6-10(8-11)13-12(16)9-19(4)18-13/h9-11H,5-8H2,1-4H3,(H,17,20). The van der Waals surface area contributed by atoms with Crippen molar-refractivity contribution in [3.8, 4) is 0 Å². The van der Waals surface area contributed by atoms with Gasteiger partial charge < -0.3 is 10.1 Å². The lowest BCUT2D eigenvalue weighted by Crippen LogP contribution is -2.41. The van der Waals surface area contributed by atoms with Gasteiger partial charge in [0.15, 0.2) is 0 Å². The third-order valence-electron chi connectivity index (χ3n) is 3.59. The first kappa shape index (κ1) is 16.3. The van der Waals surface area contributed by atoms with E-state index in [-0.39, 0.29) is 12.1 Å². The molecule has 2 rings (SSSR count). The van der Waals surface area contributed by atoms with E-state index in [0.717, 1.165) is 35.8 Å². The zero-order chi connectivity index (χ0) is 15.6. The van der Waals surface area contributed by atoms with E-state index in [1.165, 1.54) is 0 Å². The maximum Gasteiger partial charge on any atom is 0.407 e. The van der Waals surface area contributed by atoms with Gasteiger partial charge in [0.2, 0.25) is 0 Å². The summed E-state index contributed by atoms with van der Waals surface area (Å²) in [5, 5.41) is 7.52. The molecule has 2 unspecified atom stereocenters. The predicted octanol–water partition coefficient (Wildman–Crippen LogP) is 3.73. The predicted molar refractivity (Wildman–Crippen MR) is 85.3 cm³/mol. The number of ether oxygens (including phenoxy) is 1. The molecule has 0 aromatic carbocycles. The number of carbonyl (C=O) groups excluding carboxylic acids is 1. The molecule has 5 nitrogen and oxygen atoms in total. The molecule has 1 fully saturated rings. The van der Waals surface area contributed by atoms with Crippen LogP contribution in [0.3, 0.4) is 0 Å². The summed E-state index contributed by atoms with van der Waals surface area (Å²) in [5.74, 6) is 0.384. The molecule has 6 heteroatoms. The Kier molecular flexibility index (Phi) is 4.96. The monoisotopic (exact) mass is 357 g/mol. The molecule has 0 bridgehead atoms. The van der Waals surface area contributed by atoms with Crippen LogP contribution in [0.25, 0.3) is 0 Å². The van der Waals surface area contributed by atoms with Crippen LogP contribution in [0.4, 0.5) is 4.79 Å². The van der Waals surface area contributed by atoms with Gasteiger partial charge in [0.1, 0.15) is 5.60 Å². The first-order chi connectivity index (χ1) is 9.74. The first-order valence-electron chi connectivity index (χ1n) is 7.43. The molecule has 0 radical (unpaired) electrons. The third kappa shape index (κ3) is 4.73. The van der Waals surface area contributed by atoms with Crippen molar-refractivity contribution in [3.63, 3.8) is 0 Å². The number of hydrogen-bond donors (Lipinski definition) is 1. The number of carbonyl (C=O) groups is 1. The van der Waals surface area contributed by atoms with E-state index in [1.807, 2.05) is 38.7 Å². The van der Waals surface area contributed by atoms with Crippen LogP contribution in [-0.2, 0) is 11.8 Å². The van der Waals surface area contributed by atoms with E-state index in [9.17, 15) is 4.79 Å². The lowest BCUT2D eigenvalue weighted by atomic mass is 9.84. The lowest BCUT2D eigenvalue weighted by Gasteiger charge is -2.30. The highest BCUT2D eigenvalue weighted by molar-refractivity contribution is 9.10. The number of halogens is 1. The fourth-order valence-electron chi connectivity index (χ4n) is 2.80. The summed E-state index contributed by atoms with van der Waals surface area (Å²) in [6.07, 6.45) is 5.76. The highest BCUT2D eigenvalue weighted by Crippen LogP contribution is 2.35. The molecule has 0 spiro atoms. The molecule has 1 aromatic heterocycles. The second kappa shape index (κ2) is 6.38. The second-order valence-electron chi connectivity index (χ2n) is 6.74. The molecule has 1 saturated carbocycles. The molecular formula is C15H24BrN3O2. The molecule has 2 atom stereocenters. The van der Waals surface area contributed by atoms with Crippen molar-refractivity contribution in [3.05, 3.63) is 16.4 Å². The van der Waals surface area contributed by atoms with Crippen LogP contribution in [0.2, 0.25) is 0 Å². The molecule has 118 valence electrons. The highest BCUT2D eigenvalue weighted by atomic mass is 79.9. The van der Waals surface area contributed by atoms with Crippen molar-refractivity contribution in [2.75, 3.05) is 0 Å². The summed E-state index contributed by atoms with van der Waals surface area (Å²) >= 11 is 3.57. The highest BCUT2D eigenvalue weighted by Gasteiger charge is 2.28. The van der Waals surface area contributed by atoms with Gasteiger partial charge >= 0.3 is 6.09 Å². The van der Waals surface area contributed by atoms with Crippen LogP contribution < -0.4 is 5.32 Å². The molecule has 0 saturated heterocycles. The van der Waals surface area contributed by atoms with Gasteiger partial charge in [-0.2, -0.15) is 5.10 Å². The van der Waals surface area contributed by atoms with Crippen molar-refractivity contribution in [2.45, 2.75) is 64.0 Å². The number of alkyl carbamates (subject to hydrolysis) is 1. The molecular weight excluding hydrogens is 334 g/mol. The number of nitrogens with zero attached hydrogens (tertiary/aromatic N) is 2. The number of aromatic nitrogens is 2. The summed E-state index contributed by atoms with van der Waals surface area (Å²) in [6.45, 7) is 5.63. The molecule has 1 aliphatic carbocycles. The topological polar surface area (TPSA) is 56.2 Å². The van der Waals surface area contributed by atoms with Crippen molar-refractivity contribution < 1.29 is 9.53 Å². The summed E-state index contributed by atoms with van der Waals surface area (Å²) in [7, 11) is 1.92. The SMILES string of the molecule is Cn1cc(Br)c(C2CCCC(NC(=O)OC(C)(C)C)C2)n1. The van der Waals surface area contributed by atoms with E-state index < -0.39 is 5.60 Å².